The fourth-order valence-electron chi connectivity index (χ4n) is 9.45. The summed E-state index contributed by atoms with van der Waals surface area (Å²) in [4.78, 5) is 35.2. The minimum absolute atomic E-state index is 0.00868. The summed E-state index contributed by atoms with van der Waals surface area (Å²) < 4.78 is 41.3. The lowest BCUT2D eigenvalue weighted by Crippen LogP contribution is -2.40. The molecule has 3 aromatic carbocycles. The lowest BCUT2D eigenvalue weighted by atomic mass is 9.80. The molecule has 2 saturated heterocycles. The van der Waals surface area contributed by atoms with Gasteiger partial charge in [-0.05, 0) is 142 Å². The predicted octanol–water partition coefficient (Wildman–Crippen LogP) is 9.30. The highest BCUT2D eigenvalue weighted by Crippen LogP contribution is 2.43. The van der Waals surface area contributed by atoms with Gasteiger partial charge in [-0.25, -0.2) is 18.1 Å². The third-order valence-electron chi connectivity index (χ3n) is 13.0. The molecule has 4 aliphatic rings. The Labute approximate surface area is 356 Å². The Morgan fingerprint density at radius 1 is 0.951 bits per heavy atom. The largest absolute Gasteiger partial charge is 0.455 e. The average molecular weight is 845 g/mol. The van der Waals surface area contributed by atoms with Crippen molar-refractivity contribution in [2.75, 3.05) is 31.6 Å². The van der Waals surface area contributed by atoms with Crippen molar-refractivity contribution in [3.05, 3.63) is 124 Å². The SMILES string of the molecule is O=C(NS(=O)(=O)c1ccc(NCC2CCOCC2)c([N+](=O)[O-])c1)c1ccc(C2CCC(N3CCCC3/C=C\c3ccccc3C3CC3)CC2)cc1Oc1cnc2[nH]ccc2c1. The number of hydrogen-bond acceptors (Lipinski definition) is 10. The number of benzene rings is 3. The first-order valence-electron chi connectivity index (χ1n) is 21.6. The molecule has 0 spiro atoms. The maximum Gasteiger partial charge on any atom is 0.293 e. The molecule has 2 saturated carbocycles. The second kappa shape index (κ2) is 17.8. The van der Waals surface area contributed by atoms with Crippen LogP contribution in [-0.2, 0) is 14.8 Å². The number of rotatable bonds is 14. The van der Waals surface area contributed by atoms with Crippen LogP contribution in [-0.4, -0.2) is 72.5 Å². The zero-order valence-corrected chi connectivity index (χ0v) is 34.9. The molecule has 13 nitrogen and oxygen atoms in total. The van der Waals surface area contributed by atoms with Crippen LogP contribution in [0.4, 0.5) is 11.4 Å². The Morgan fingerprint density at radius 2 is 1.75 bits per heavy atom. The lowest BCUT2D eigenvalue weighted by Gasteiger charge is -2.37. The molecule has 2 aliphatic heterocycles. The molecule has 61 heavy (non-hydrogen) atoms. The van der Waals surface area contributed by atoms with Gasteiger partial charge in [-0.2, -0.15) is 0 Å². The van der Waals surface area contributed by atoms with Gasteiger partial charge in [0.2, 0.25) is 0 Å². The first kappa shape index (κ1) is 40.8. The van der Waals surface area contributed by atoms with E-state index in [2.05, 4.69) is 61.3 Å². The molecule has 4 fully saturated rings. The first-order valence-corrected chi connectivity index (χ1v) is 23.1. The fourth-order valence-corrected chi connectivity index (χ4v) is 10.4. The van der Waals surface area contributed by atoms with Gasteiger partial charge in [-0.15, -0.1) is 0 Å². The van der Waals surface area contributed by atoms with Gasteiger partial charge in [0.05, 0.1) is 21.6 Å². The van der Waals surface area contributed by atoms with E-state index in [-0.39, 0.29) is 28.8 Å². The molecule has 1 unspecified atom stereocenters. The number of sulfonamides is 1. The quantitative estimate of drug-likeness (QED) is 0.0724. The number of anilines is 1. The number of ether oxygens (including phenoxy) is 2. The van der Waals surface area contributed by atoms with Crippen molar-refractivity contribution >= 4 is 44.4 Å². The molecule has 14 heteroatoms. The summed E-state index contributed by atoms with van der Waals surface area (Å²) in [5, 5.41) is 16.0. The highest BCUT2D eigenvalue weighted by molar-refractivity contribution is 7.90. The molecule has 1 atom stereocenters. The molecule has 9 rings (SSSR count). The number of hydrogen-bond donors (Lipinski definition) is 3. The second-order valence-electron chi connectivity index (χ2n) is 17.0. The number of pyridine rings is 1. The molecule has 3 N–H and O–H groups in total. The van der Waals surface area contributed by atoms with Crippen LogP contribution in [0, 0.1) is 16.0 Å². The van der Waals surface area contributed by atoms with Crippen LogP contribution in [0.3, 0.4) is 0 Å². The fraction of sp³-hybridized carbons (Fsp3) is 0.404. The van der Waals surface area contributed by atoms with E-state index in [9.17, 15) is 23.3 Å². The number of H-pyrrole nitrogens is 1. The van der Waals surface area contributed by atoms with E-state index in [1.54, 1.807) is 24.5 Å². The van der Waals surface area contributed by atoms with Gasteiger partial charge in [0, 0.05) is 49.5 Å². The summed E-state index contributed by atoms with van der Waals surface area (Å²) in [5.74, 6) is 0.882. The van der Waals surface area contributed by atoms with E-state index in [4.69, 9.17) is 9.47 Å². The molecule has 2 aliphatic carbocycles. The number of carbonyl (C=O) groups excluding carboxylic acids is 1. The second-order valence-corrected chi connectivity index (χ2v) is 18.6. The number of amides is 1. The van der Waals surface area contributed by atoms with Gasteiger partial charge in [0.15, 0.2) is 0 Å². The van der Waals surface area contributed by atoms with Crippen molar-refractivity contribution in [3.8, 4) is 11.5 Å². The molecule has 1 amide bonds. The average Bonchev–Trinajstić information content (AvgIpc) is 3.83. The third kappa shape index (κ3) is 9.36. The van der Waals surface area contributed by atoms with Crippen LogP contribution in [0.25, 0.3) is 17.1 Å². The van der Waals surface area contributed by atoms with Gasteiger partial charge in [-0.1, -0.05) is 42.5 Å². The Morgan fingerprint density at radius 3 is 2.56 bits per heavy atom. The van der Waals surface area contributed by atoms with E-state index < -0.39 is 31.4 Å². The Balaban J connectivity index is 0.911. The number of nitrogens with one attached hydrogen (secondary N) is 3. The molecule has 318 valence electrons. The van der Waals surface area contributed by atoms with Crippen LogP contribution in [0.2, 0.25) is 0 Å². The van der Waals surface area contributed by atoms with Crippen LogP contribution in [0.15, 0.2) is 96.2 Å². The van der Waals surface area contributed by atoms with Crippen molar-refractivity contribution in [3.63, 3.8) is 0 Å². The van der Waals surface area contributed by atoms with Gasteiger partial charge in [-0.3, -0.25) is 19.8 Å². The lowest BCUT2D eigenvalue weighted by molar-refractivity contribution is -0.384. The number of carbonyl (C=O) groups is 1. The molecule has 0 radical (unpaired) electrons. The predicted molar refractivity (Wildman–Crippen MR) is 235 cm³/mol. The monoisotopic (exact) mass is 844 g/mol. The van der Waals surface area contributed by atoms with Crippen molar-refractivity contribution in [2.45, 2.75) is 93.0 Å². The number of aromatic amines is 1. The third-order valence-corrected chi connectivity index (χ3v) is 14.3. The Bertz CT molecular complexity index is 2540. The topological polar surface area (TPSA) is 169 Å². The molecular weight excluding hydrogens is 793 g/mol. The summed E-state index contributed by atoms with van der Waals surface area (Å²) in [7, 11) is -4.53. The van der Waals surface area contributed by atoms with Crippen LogP contribution >= 0.6 is 0 Å². The smallest absolute Gasteiger partial charge is 0.293 e. The highest BCUT2D eigenvalue weighted by Gasteiger charge is 2.34. The van der Waals surface area contributed by atoms with Crippen LogP contribution < -0.4 is 14.8 Å². The van der Waals surface area contributed by atoms with Crippen LogP contribution in [0.1, 0.15) is 103 Å². The Hall–Kier alpha value is -5.57. The van der Waals surface area contributed by atoms with E-state index in [0.717, 1.165) is 62.1 Å². The molecule has 0 bridgehead atoms. The maximum absolute atomic E-state index is 13.9. The van der Waals surface area contributed by atoms with Crippen molar-refractivity contribution < 1.29 is 27.6 Å². The summed E-state index contributed by atoms with van der Waals surface area (Å²) in [6.45, 7) is 2.86. The van der Waals surface area contributed by atoms with Crippen molar-refractivity contribution in [1.29, 1.82) is 0 Å². The standard InChI is InChI=1S/C47H52N6O7S/c54-47(51-61(57,58)40-16-18-43(44(28-40)53(55)56)49-29-31-20-24-59-25-21-31)42-17-12-35(27-45(42)60-39-26-36-19-22-48-46(36)50-30-39)32-9-13-38(14-10-32)52-23-3-5-37(52)15-11-33-4-1-2-6-41(33)34-7-8-34/h1-2,4,6,11-12,15-19,22,26-28,30-32,34,37-38,49H,3,5,7-10,13-14,20-21,23-25,29H2,(H,48,50)(H,51,54)/b15-11-. The summed E-state index contributed by atoms with van der Waals surface area (Å²) in [5.41, 5.74) is 4.34. The maximum atomic E-state index is 13.9. The van der Waals surface area contributed by atoms with E-state index in [1.165, 1.54) is 48.9 Å². The zero-order chi connectivity index (χ0) is 41.9. The van der Waals surface area contributed by atoms with Gasteiger partial charge < -0.3 is 19.8 Å². The number of likely N-dealkylation sites (tertiary alicyclic amines) is 1. The molecule has 2 aromatic heterocycles. The van der Waals surface area contributed by atoms with Gasteiger partial charge in [0.1, 0.15) is 22.8 Å². The number of aromatic nitrogens is 2. The first-order chi connectivity index (χ1) is 29.7. The number of fused-ring (bicyclic) bond motifs is 1. The highest BCUT2D eigenvalue weighted by atomic mass is 32.2. The minimum atomic E-state index is -4.53. The van der Waals surface area contributed by atoms with E-state index in [1.807, 2.05) is 18.2 Å². The summed E-state index contributed by atoms with van der Waals surface area (Å²) in [6, 6.07) is 22.3. The molecule has 4 heterocycles. The Kier molecular flexibility index (Phi) is 11.9. The van der Waals surface area contributed by atoms with Gasteiger partial charge in [0.25, 0.3) is 21.6 Å². The number of nitro benzene ring substituents is 1. The molecular formula is C47H52N6O7S. The summed E-state index contributed by atoms with van der Waals surface area (Å²) in [6.07, 6.45) is 18.7. The van der Waals surface area contributed by atoms with E-state index in [0.29, 0.717) is 49.2 Å². The molecule has 5 aromatic rings. The number of nitro groups is 1. The van der Waals surface area contributed by atoms with E-state index >= 15 is 0 Å². The van der Waals surface area contributed by atoms with Crippen molar-refractivity contribution in [2.24, 2.45) is 5.92 Å². The van der Waals surface area contributed by atoms with Crippen LogP contribution in [0.5, 0.6) is 11.5 Å². The zero-order valence-electron chi connectivity index (χ0n) is 34.1. The number of nitrogens with zero attached hydrogens (tertiary/aromatic N) is 3. The normalized spacial score (nSPS) is 21.5. The minimum Gasteiger partial charge on any atom is -0.455 e. The summed E-state index contributed by atoms with van der Waals surface area (Å²) >= 11 is 0. The van der Waals surface area contributed by atoms with Gasteiger partial charge >= 0.3 is 0 Å². The van der Waals surface area contributed by atoms with Crippen molar-refractivity contribution in [1.82, 2.24) is 19.6 Å².